The number of halogens is 2. The maximum Gasteiger partial charge on any atom is 0.220 e. The van der Waals surface area contributed by atoms with Gasteiger partial charge in [0.05, 0.1) is 5.56 Å². The lowest BCUT2D eigenvalue weighted by Crippen LogP contribution is -2.27. The van der Waals surface area contributed by atoms with E-state index in [0.29, 0.717) is 22.8 Å². The van der Waals surface area contributed by atoms with E-state index >= 15 is 0 Å². The lowest BCUT2D eigenvalue weighted by Gasteiger charge is -2.25. The van der Waals surface area contributed by atoms with Gasteiger partial charge in [-0.15, -0.1) is 0 Å². The molecule has 0 spiro atoms. The van der Waals surface area contributed by atoms with Gasteiger partial charge < -0.3 is 16.2 Å². The molecule has 4 aromatic rings. The average molecular weight is 478 g/mol. The number of nitrogens with zero attached hydrogens (tertiary/aromatic N) is 3. The molecule has 2 heterocycles. The third-order valence-electron chi connectivity index (χ3n) is 6.66. The molecular formula is C26H25F2N5O2. The van der Waals surface area contributed by atoms with Crippen LogP contribution in [0.25, 0.3) is 16.8 Å². The molecule has 1 amide bonds. The van der Waals surface area contributed by atoms with E-state index in [4.69, 9.17) is 21.2 Å². The molecule has 0 bridgehead atoms. The van der Waals surface area contributed by atoms with Crippen LogP contribution in [0.2, 0.25) is 0 Å². The van der Waals surface area contributed by atoms with Crippen molar-refractivity contribution >= 4 is 17.2 Å². The number of aromatic nitrogens is 3. The van der Waals surface area contributed by atoms with Crippen LogP contribution in [0.1, 0.15) is 43.0 Å². The summed E-state index contributed by atoms with van der Waals surface area (Å²) in [6, 6.07) is 10.9. The van der Waals surface area contributed by atoms with Crippen LogP contribution in [0.4, 0.5) is 14.6 Å². The van der Waals surface area contributed by atoms with Gasteiger partial charge in [-0.25, -0.2) is 18.7 Å². The molecule has 5 rings (SSSR count). The number of nitrogens with two attached hydrogens (primary N) is 2. The SMILES string of the molecule is NC(=O)C1CCC(c2nc(-c3cccc(OCc4c(F)cccc4F)c3)c3c(N)nccn23)CC1. The fourth-order valence-corrected chi connectivity index (χ4v) is 4.77. The minimum atomic E-state index is -0.657. The topological polar surface area (TPSA) is 109 Å². The van der Waals surface area contributed by atoms with Crippen LogP contribution >= 0.6 is 0 Å². The van der Waals surface area contributed by atoms with E-state index in [9.17, 15) is 13.6 Å². The summed E-state index contributed by atoms with van der Waals surface area (Å²) in [7, 11) is 0. The van der Waals surface area contributed by atoms with Gasteiger partial charge in [-0.05, 0) is 49.9 Å². The lowest BCUT2D eigenvalue weighted by atomic mass is 9.81. The second-order valence-corrected chi connectivity index (χ2v) is 8.82. The number of imidazole rings is 1. The molecule has 1 aliphatic rings. The Balaban J connectivity index is 1.47. The van der Waals surface area contributed by atoms with Gasteiger partial charge in [0.25, 0.3) is 0 Å². The largest absolute Gasteiger partial charge is 0.489 e. The van der Waals surface area contributed by atoms with E-state index < -0.39 is 11.6 Å². The zero-order valence-corrected chi connectivity index (χ0v) is 19.0. The molecule has 35 heavy (non-hydrogen) atoms. The highest BCUT2D eigenvalue weighted by atomic mass is 19.1. The summed E-state index contributed by atoms with van der Waals surface area (Å²) in [5.41, 5.74) is 13.7. The van der Waals surface area contributed by atoms with Crippen molar-refractivity contribution in [1.29, 1.82) is 0 Å². The van der Waals surface area contributed by atoms with Crippen molar-refractivity contribution in [3.63, 3.8) is 0 Å². The number of ether oxygens (including phenoxy) is 1. The highest BCUT2D eigenvalue weighted by Gasteiger charge is 2.29. The molecular weight excluding hydrogens is 452 g/mol. The number of amides is 1. The van der Waals surface area contributed by atoms with Gasteiger partial charge in [-0.1, -0.05) is 18.2 Å². The Bertz CT molecular complexity index is 1380. The normalized spacial score (nSPS) is 18.0. The van der Waals surface area contributed by atoms with Gasteiger partial charge in [0.15, 0.2) is 0 Å². The van der Waals surface area contributed by atoms with E-state index in [2.05, 4.69) is 4.98 Å². The molecule has 180 valence electrons. The molecule has 1 fully saturated rings. The second-order valence-electron chi connectivity index (χ2n) is 8.82. The van der Waals surface area contributed by atoms with Gasteiger partial charge in [0, 0.05) is 29.8 Å². The van der Waals surface area contributed by atoms with Gasteiger partial charge in [0.2, 0.25) is 5.91 Å². The van der Waals surface area contributed by atoms with Crippen LogP contribution in [-0.4, -0.2) is 20.3 Å². The Kier molecular flexibility index (Phi) is 6.07. The molecule has 2 aromatic carbocycles. The summed E-state index contributed by atoms with van der Waals surface area (Å²) in [4.78, 5) is 20.8. The molecule has 2 aromatic heterocycles. The maximum atomic E-state index is 14.0. The summed E-state index contributed by atoms with van der Waals surface area (Å²) < 4.78 is 35.6. The van der Waals surface area contributed by atoms with E-state index in [1.165, 1.54) is 18.2 Å². The zero-order valence-electron chi connectivity index (χ0n) is 19.0. The molecule has 0 atom stereocenters. The smallest absolute Gasteiger partial charge is 0.220 e. The predicted molar refractivity (Wildman–Crippen MR) is 127 cm³/mol. The summed E-state index contributed by atoms with van der Waals surface area (Å²) in [6.07, 6.45) is 6.51. The molecule has 1 saturated carbocycles. The fraction of sp³-hybridized carbons (Fsp3) is 0.269. The standard InChI is InChI=1S/C26H25F2N5O2/c27-20-5-2-6-21(28)19(20)14-35-18-4-1-3-17(13-18)22-23-24(29)31-11-12-33(23)26(32-22)16-9-7-15(8-10-16)25(30)34/h1-6,11-13,15-16H,7-10,14H2,(H2,29,31)(H2,30,34). The predicted octanol–water partition coefficient (Wildman–Crippen LogP) is 4.59. The monoisotopic (exact) mass is 477 g/mol. The van der Waals surface area contributed by atoms with Crippen LogP contribution in [0.3, 0.4) is 0 Å². The van der Waals surface area contributed by atoms with Crippen molar-refractivity contribution in [2.75, 3.05) is 5.73 Å². The minimum Gasteiger partial charge on any atom is -0.489 e. The second kappa shape index (κ2) is 9.32. The number of fused-ring (bicyclic) bond motifs is 1. The Morgan fingerprint density at radius 1 is 1.09 bits per heavy atom. The maximum absolute atomic E-state index is 14.0. The van der Waals surface area contributed by atoms with Gasteiger partial charge in [0.1, 0.15) is 46.8 Å². The van der Waals surface area contributed by atoms with Gasteiger partial charge >= 0.3 is 0 Å². The number of rotatable bonds is 6. The van der Waals surface area contributed by atoms with Crippen LogP contribution < -0.4 is 16.2 Å². The first kappa shape index (κ1) is 22.8. The number of hydrogen-bond donors (Lipinski definition) is 2. The lowest BCUT2D eigenvalue weighted by molar-refractivity contribution is -0.122. The van der Waals surface area contributed by atoms with Crippen molar-refractivity contribution in [2.45, 2.75) is 38.2 Å². The highest BCUT2D eigenvalue weighted by molar-refractivity contribution is 5.85. The molecule has 0 unspecified atom stereocenters. The van der Waals surface area contributed by atoms with Gasteiger partial charge in [-0.2, -0.15) is 0 Å². The summed E-state index contributed by atoms with van der Waals surface area (Å²) in [5, 5.41) is 0. The minimum absolute atomic E-state index is 0.100. The summed E-state index contributed by atoms with van der Waals surface area (Å²) in [6.45, 7) is -0.246. The van der Waals surface area contributed by atoms with E-state index in [0.717, 1.165) is 37.1 Å². The fourth-order valence-electron chi connectivity index (χ4n) is 4.77. The number of anilines is 1. The first-order valence-corrected chi connectivity index (χ1v) is 11.5. The van der Waals surface area contributed by atoms with Crippen molar-refractivity contribution in [3.05, 3.63) is 77.9 Å². The van der Waals surface area contributed by atoms with Crippen molar-refractivity contribution in [1.82, 2.24) is 14.4 Å². The summed E-state index contributed by atoms with van der Waals surface area (Å²) in [5.74, 6) is 0.119. The number of hydrogen-bond acceptors (Lipinski definition) is 5. The summed E-state index contributed by atoms with van der Waals surface area (Å²) >= 11 is 0. The van der Waals surface area contributed by atoms with Crippen molar-refractivity contribution in [2.24, 2.45) is 11.7 Å². The highest BCUT2D eigenvalue weighted by Crippen LogP contribution is 2.39. The Labute approximate surface area is 200 Å². The third kappa shape index (κ3) is 4.41. The van der Waals surface area contributed by atoms with Crippen LogP contribution in [-0.2, 0) is 11.4 Å². The average Bonchev–Trinajstić information content (AvgIpc) is 3.25. The number of primary amides is 1. The first-order chi connectivity index (χ1) is 16.9. The van der Waals surface area contributed by atoms with E-state index in [-0.39, 0.29) is 29.9 Å². The molecule has 1 aliphatic carbocycles. The van der Waals surface area contributed by atoms with Crippen molar-refractivity contribution < 1.29 is 18.3 Å². The number of carbonyl (C=O) groups excluding carboxylic acids is 1. The van der Waals surface area contributed by atoms with Crippen LogP contribution in [0, 0.1) is 17.6 Å². The molecule has 0 radical (unpaired) electrons. The Morgan fingerprint density at radius 2 is 1.80 bits per heavy atom. The Hall–Kier alpha value is -4.01. The Morgan fingerprint density at radius 3 is 2.51 bits per heavy atom. The third-order valence-corrected chi connectivity index (χ3v) is 6.66. The molecule has 4 N–H and O–H groups in total. The van der Waals surface area contributed by atoms with Crippen molar-refractivity contribution in [3.8, 4) is 17.0 Å². The first-order valence-electron chi connectivity index (χ1n) is 11.5. The number of nitrogen functional groups attached to an aromatic ring is 1. The number of carbonyl (C=O) groups is 1. The van der Waals surface area contributed by atoms with E-state index in [1.807, 2.05) is 16.7 Å². The molecule has 0 aliphatic heterocycles. The molecule has 7 nitrogen and oxygen atoms in total. The van der Waals surface area contributed by atoms with Crippen LogP contribution in [0.5, 0.6) is 5.75 Å². The van der Waals surface area contributed by atoms with Gasteiger partial charge in [-0.3, -0.25) is 9.20 Å². The number of benzene rings is 2. The molecule has 0 saturated heterocycles. The quantitative estimate of drug-likeness (QED) is 0.422. The molecule has 9 heteroatoms. The van der Waals surface area contributed by atoms with Crippen LogP contribution in [0.15, 0.2) is 54.9 Å². The zero-order chi connectivity index (χ0) is 24.5. The van der Waals surface area contributed by atoms with E-state index in [1.54, 1.807) is 24.4 Å².